The van der Waals surface area contributed by atoms with Crippen molar-refractivity contribution in [2.24, 2.45) is 5.73 Å². The second kappa shape index (κ2) is 4.38. The number of hydrogen-bond donors (Lipinski definition) is 2. The van der Waals surface area contributed by atoms with Crippen LogP contribution in [0, 0.1) is 0 Å². The largest absolute Gasteiger partial charge is 0.396 e. The molecule has 0 fully saturated rings. The summed E-state index contributed by atoms with van der Waals surface area (Å²) in [5.74, 6) is 0. The van der Waals surface area contributed by atoms with Crippen LogP contribution in [0.15, 0.2) is 36.5 Å². The van der Waals surface area contributed by atoms with Crippen molar-refractivity contribution >= 4 is 10.9 Å². The lowest BCUT2D eigenvalue weighted by Crippen LogP contribution is -2.11. The van der Waals surface area contributed by atoms with Crippen LogP contribution in [0.5, 0.6) is 0 Å². The molecule has 15 heavy (non-hydrogen) atoms. The van der Waals surface area contributed by atoms with E-state index in [1.54, 1.807) is 6.20 Å². The van der Waals surface area contributed by atoms with Gasteiger partial charge in [-0.1, -0.05) is 18.2 Å². The highest BCUT2D eigenvalue weighted by atomic mass is 16.3. The Bertz CT molecular complexity index is 456. The van der Waals surface area contributed by atoms with E-state index in [9.17, 15) is 0 Å². The van der Waals surface area contributed by atoms with Crippen molar-refractivity contribution in [2.75, 3.05) is 6.61 Å². The molecule has 3 N–H and O–H groups in total. The normalized spacial score (nSPS) is 12.9. The second-order valence-corrected chi connectivity index (χ2v) is 3.57. The predicted molar refractivity (Wildman–Crippen MR) is 60.4 cm³/mol. The SMILES string of the molecule is NC(CCO)c1ccc2cccnc2c1. The van der Waals surface area contributed by atoms with Gasteiger partial charge in [-0.25, -0.2) is 0 Å². The predicted octanol–water partition coefficient (Wildman–Crippen LogP) is 1.62. The topological polar surface area (TPSA) is 59.1 Å². The van der Waals surface area contributed by atoms with E-state index in [0.717, 1.165) is 16.5 Å². The number of nitrogens with two attached hydrogens (primary N) is 1. The fourth-order valence-corrected chi connectivity index (χ4v) is 1.62. The maximum Gasteiger partial charge on any atom is 0.0705 e. The molecule has 1 unspecified atom stereocenters. The first-order valence-corrected chi connectivity index (χ1v) is 5.02. The van der Waals surface area contributed by atoms with Gasteiger partial charge in [0.15, 0.2) is 0 Å². The molecule has 0 saturated heterocycles. The third-order valence-corrected chi connectivity index (χ3v) is 2.50. The van der Waals surface area contributed by atoms with Crippen molar-refractivity contribution in [2.45, 2.75) is 12.5 Å². The molecule has 3 heteroatoms. The highest BCUT2D eigenvalue weighted by Gasteiger charge is 2.05. The van der Waals surface area contributed by atoms with E-state index in [0.29, 0.717) is 6.42 Å². The van der Waals surface area contributed by atoms with Crippen molar-refractivity contribution in [1.82, 2.24) is 4.98 Å². The van der Waals surface area contributed by atoms with Crippen LogP contribution in [0.1, 0.15) is 18.0 Å². The lowest BCUT2D eigenvalue weighted by Gasteiger charge is -2.10. The molecule has 1 heterocycles. The highest BCUT2D eigenvalue weighted by Crippen LogP contribution is 2.19. The fraction of sp³-hybridized carbons (Fsp3) is 0.250. The second-order valence-electron chi connectivity index (χ2n) is 3.57. The first-order valence-electron chi connectivity index (χ1n) is 5.02. The molecule has 78 valence electrons. The summed E-state index contributed by atoms with van der Waals surface area (Å²) in [6, 6.07) is 9.80. The van der Waals surface area contributed by atoms with E-state index in [-0.39, 0.29) is 12.6 Å². The lowest BCUT2D eigenvalue weighted by molar-refractivity contribution is 0.276. The van der Waals surface area contributed by atoms with Gasteiger partial charge in [0.05, 0.1) is 5.52 Å². The summed E-state index contributed by atoms with van der Waals surface area (Å²) in [7, 11) is 0. The van der Waals surface area contributed by atoms with Gasteiger partial charge in [-0.3, -0.25) is 4.98 Å². The number of pyridine rings is 1. The molecule has 0 amide bonds. The molecule has 0 aliphatic rings. The Morgan fingerprint density at radius 2 is 2.20 bits per heavy atom. The van der Waals surface area contributed by atoms with Crippen molar-refractivity contribution < 1.29 is 5.11 Å². The zero-order valence-electron chi connectivity index (χ0n) is 8.43. The lowest BCUT2D eigenvalue weighted by atomic mass is 10.0. The minimum absolute atomic E-state index is 0.110. The van der Waals surface area contributed by atoms with E-state index < -0.39 is 0 Å². The number of hydrogen-bond acceptors (Lipinski definition) is 3. The van der Waals surface area contributed by atoms with Gasteiger partial charge < -0.3 is 10.8 Å². The van der Waals surface area contributed by atoms with Crippen LogP contribution in [-0.4, -0.2) is 16.7 Å². The molecule has 2 rings (SSSR count). The standard InChI is InChI=1S/C12H14N2O/c13-11(5-7-15)10-4-3-9-2-1-6-14-12(9)8-10/h1-4,6,8,11,15H,5,7,13H2. The van der Waals surface area contributed by atoms with E-state index in [1.165, 1.54) is 0 Å². The third kappa shape index (κ3) is 2.14. The van der Waals surface area contributed by atoms with Gasteiger partial charge >= 0.3 is 0 Å². The number of fused-ring (bicyclic) bond motifs is 1. The molecule has 1 aromatic carbocycles. The van der Waals surface area contributed by atoms with Crippen molar-refractivity contribution in [3.05, 3.63) is 42.1 Å². The zero-order valence-corrected chi connectivity index (χ0v) is 8.43. The van der Waals surface area contributed by atoms with Crippen LogP contribution in [-0.2, 0) is 0 Å². The van der Waals surface area contributed by atoms with Gasteiger partial charge in [-0.05, 0) is 24.1 Å². The van der Waals surface area contributed by atoms with Gasteiger partial charge in [-0.15, -0.1) is 0 Å². The maximum absolute atomic E-state index is 8.82. The Morgan fingerprint density at radius 1 is 1.33 bits per heavy atom. The van der Waals surface area contributed by atoms with Crippen LogP contribution < -0.4 is 5.73 Å². The summed E-state index contributed by atoms with van der Waals surface area (Å²) in [5.41, 5.74) is 7.88. The molecule has 0 aliphatic heterocycles. The Hall–Kier alpha value is -1.45. The quantitative estimate of drug-likeness (QED) is 0.795. The van der Waals surface area contributed by atoms with E-state index in [2.05, 4.69) is 4.98 Å². The molecule has 3 nitrogen and oxygen atoms in total. The van der Waals surface area contributed by atoms with Crippen LogP contribution >= 0.6 is 0 Å². The van der Waals surface area contributed by atoms with E-state index in [4.69, 9.17) is 10.8 Å². The number of rotatable bonds is 3. The average Bonchev–Trinajstić information content (AvgIpc) is 2.29. The van der Waals surface area contributed by atoms with Gasteiger partial charge in [0.2, 0.25) is 0 Å². The third-order valence-electron chi connectivity index (χ3n) is 2.50. The highest BCUT2D eigenvalue weighted by molar-refractivity contribution is 5.78. The Balaban J connectivity index is 2.38. The Morgan fingerprint density at radius 3 is 3.00 bits per heavy atom. The molecule has 2 aromatic rings. The molecule has 0 radical (unpaired) electrons. The summed E-state index contributed by atoms with van der Waals surface area (Å²) >= 11 is 0. The molecule has 0 spiro atoms. The van der Waals surface area contributed by atoms with E-state index in [1.807, 2.05) is 30.3 Å². The number of nitrogens with zero attached hydrogens (tertiary/aromatic N) is 1. The first-order chi connectivity index (χ1) is 7.31. The summed E-state index contributed by atoms with van der Waals surface area (Å²) < 4.78 is 0. The summed E-state index contributed by atoms with van der Waals surface area (Å²) in [5, 5.41) is 9.92. The fourth-order valence-electron chi connectivity index (χ4n) is 1.62. The molecule has 0 bridgehead atoms. The molecule has 1 aromatic heterocycles. The van der Waals surface area contributed by atoms with Gasteiger partial charge in [0.25, 0.3) is 0 Å². The maximum atomic E-state index is 8.82. The summed E-state index contributed by atoms with van der Waals surface area (Å²) in [6.45, 7) is 0.113. The molecular weight excluding hydrogens is 188 g/mol. The van der Waals surface area contributed by atoms with Gasteiger partial charge in [0.1, 0.15) is 0 Å². The summed E-state index contributed by atoms with van der Waals surface area (Å²) in [6.07, 6.45) is 2.35. The van der Waals surface area contributed by atoms with Crippen molar-refractivity contribution in [1.29, 1.82) is 0 Å². The number of aromatic nitrogens is 1. The number of benzene rings is 1. The van der Waals surface area contributed by atoms with Gasteiger partial charge in [0, 0.05) is 24.2 Å². The van der Waals surface area contributed by atoms with Crippen LogP contribution in [0.25, 0.3) is 10.9 Å². The number of aliphatic hydroxyl groups excluding tert-OH is 1. The first kappa shape index (κ1) is 10.1. The molecule has 0 saturated carbocycles. The number of aliphatic hydroxyl groups is 1. The minimum Gasteiger partial charge on any atom is -0.396 e. The van der Waals surface area contributed by atoms with Gasteiger partial charge in [-0.2, -0.15) is 0 Å². The van der Waals surface area contributed by atoms with E-state index >= 15 is 0 Å². The van der Waals surface area contributed by atoms with Crippen LogP contribution in [0.4, 0.5) is 0 Å². The van der Waals surface area contributed by atoms with Crippen LogP contribution in [0.3, 0.4) is 0 Å². The molecule has 0 aliphatic carbocycles. The molecule has 1 atom stereocenters. The minimum atomic E-state index is -0.110. The molecular formula is C12H14N2O. The summed E-state index contributed by atoms with van der Waals surface area (Å²) in [4.78, 5) is 4.27. The smallest absolute Gasteiger partial charge is 0.0705 e. The average molecular weight is 202 g/mol. The van der Waals surface area contributed by atoms with Crippen LogP contribution in [0.2, 0.25) is 0 Å². The Labute approximate surface area is 88.6 Å². The zero-order chi connectivity index (χ0) is 10.7. The van der Waals surface area contributed by atoms with Crippen molar-refractivity contribution in [3.8, 4) is 0 Å². The van der Waals surface area contributed by atoms with Crippen molar-refractivity contribution in [3.63, 3.8) is 0 Å². The Kier molecular flexibility index (Phi) is 2.94. The monoisotopic (exact) mass is 202 g/mol.